The molecule has 162 valence electrons. The van der Waals surface area contributed by atoms with E-state index in [-0.39, 0.29) is 18.2 Å². The van der Waals surface area contributed by atoms with Gasteiger partial charge in [0.2, 0.25) is 5.91 Å². The molecule has 0 aromatic rings. The summed E-state index contributed by atoms with van der Waals surface area (Å²) in [7, 11) is 0. The first-order chi connectivity index (χ1) is 13.6. The number of carbonyl (C=O) groups is 1. The van der Waals surface area contributed by atoms with Gasteiger partial charge in [-0.1, -0.05) is 64.0 Å². The van der Waals surface area contributed by atoms with Gasteiger partial charge in [-0.25, -0.2) is 4.99 Å². The fourth-order valence-electron chi connectivity index (χ4n) is 4.41. The highest BCUT2D eigenvalue weighted by Gasteiger charge is 2.42. The Balaban J connectivity index is 2.16. The van der Waals surface area contributed by atoms with Crippen LogP contribution in [0, 0.1) is 0 Å². The molecule has 28 heavy (non-hydrogen) atoms. The van der Waals surface area contributed by atoms with E-state index in [4.69, 9.17) is 4.99 Å². The van der Waals surface area contributed by atoms with Crippen LogP contribution in [0.25, 0.3) is 0 Å². The van der Waals surface area contributed by atoms with Crippen LogP contribution in [0.3, 0.4) is 0 Å². The summed E-state index contributed by atoms with van der Waals surface area (Å²) in [6.45, 7) is 10.1. The Morgan fingerprint density at radius 2 is 1.68 bits per heavy atom. The van der Waals surface area contributed by atoms with Crippen molar-refractivity contribution in [3.05, 3.63) is 12.2 Å². The summed E-state index contributed by atoms with van der Waals surface area (Å²) >= 11 is 0. The van der Waals surface area contributed by atoms with Crippen LogP contribution in [0.4, 0.5) is 0 Å². The van der Waals surface area contributed by atoms with Crippen molar-refractivity contribution in [2.45, 2.75) is 117 Å². The number of carbonyl (C=O) groups excluding carboxylic acids is 1. The van der Waals surface area contributed by atoms with E-state index in [1.807, 2.05) is 0 Å². The predicted molar refractivity (Wildman–Crippen MR) is 121 cm³/mol. The van der Waals surface area contributed by atoms with E-state index in [2.05, 4.69) is 44.5 Å². The summed E-state index contributed by atoms with van der Waals surface area (Å²) in [4.78, 5) is 16.2. The molecule has 1 aliphatic rings. The average molecular weight is 393 g/mol. The van der Waals surface area contributed by atoms with Crippen LogP contribution in [-0.4, -0.2) is 42.0 Å². The van der Waals surface area contributed by atoms with Gasteiger partial charge in [0.05, 0.1) is 12.8 Å². The van der Waals surface area contributed by atoms with Crippen LogP contribution in [0.2, 0.25) is 0 Å². The second-order valence-electron chi connectivity index (χ2n) is 8.46. The average Bonchev–Trinajstić information content (AvgIpc) is 3.09. The van der Waals surface area contributed by atoms with E-state index >= 15 is 0 Å². The summed E-state index contributed by atoms with van der Waals surface area (Å²) in [6, 6.07) is 0. The van der Waals surface area contributed by atoms with Crippen LogP contribution in [0.5, 0.6) is 0 Å². The summed E-state index contributed by atoms with van der Waals surface area (Å²) in [5, 5.41) is 3.09. The van der Waals surface area contributed by atoms with E-state index < -0.39 is 0 Å². The zero-order chi connectivity index (χ0) is 20.7. The molecule has 1 amide bonds. The van der Waals surface area contributed by atoms with E-state index in [1.165, 1.54) is 64.2 Å². The number of nitrogens with zero attached hydrogens (tertiary/aromatic N) is 2. The summed E-state index contributed by atoms with van der Waals surface area (Å²) in [6.07, 6.45) is 22.9. The summed E-state index contributed by atoms with van der Waals surface area (Å²) < 4.78 is 0.863. The molecule has 4 nitrogen and oxygen atoms in total. The molecule has 1 N–H and O–H groups in total. The Kier molecular flexibility index (Phi) is 13.1. The van der Waals surface area contributed by atoms with Gasteiger partial charge in [-0.2, -0.15) is 0 Å². The zero-order valence-electron chi connectivity index (χ0n) is 19.1. The minimum absolute atomic E-state index is 0.0491. The minimum Gasteiger partial charge on any atom is -0.307 e. The van der Waals surface area contributed by atoms with E-state index in [0.717, 1.165) is 30.4 Å². The van der Waals surface area contributed by atoms with Gasteiger partial charge in [-0.3, -0.25) is 9.28 Å². The second kappa shape index (κ2) is 14.8. The highest BCUT2D eigenvalue weighted by Crippen LogP contribution is 2.26. The van der Waals surface area contributed by atoms with Crippen LogP contribution in [0.1, 0.15) is 105 Å². The number of aliphatic imine (C=N–C) groups is 1. The largest absolute Gasteiger partial charge is 0.307 e. The third-order valence-corrected chi connectivity index (χ3v) is 6.29. The first kappa shape index (κ1) is 24.9. The maximum absolute atomic E-state index is 11.5. The Bertz CT molecular complexity index is 474. The van der Waals surface area contributed by atoms with Crippen molar-refractivity contribution in [1.82, 2.24) is 5.32 Å². The molecule has 0 saturated heterocycles. The highest BCUT2D eigenvalue weighted by atomic mass is 16.1. The molecule has 3 unspecified atom stereocenters. The first-order valence-electron chi connectivity index (χ1n) is 11.9. The molecule has 0 aliphatic carbocycles. The fraction of sp³-hybridized carbons (Fsp3) is 0.833. The maximum Gasteiger partial charge on any atom is 0.221 e. The van der Waals surface area contributed by atoms with Gasteiger partial charge in [0.25, 0.3) is 0 Å². The molecule has 0 radical (unpaired) electrons. The van der Waals surface area contributed by atoms with Gasteiger partial charge in [0.15, 0.2) is 12.3 Å². The lowest BCUT2D eigenvalue weighted by Gasteiger charge is -2.42. The number of nitrogens with one attached hydrogen (secondary N) is 1. The van der Waals surface area contributed by atoms with Crippen molar-refractivity contribution in [3.63, 3.8) is 0 Å². The number of amides is 1. The molecule has 4 heteroatoms. The Labute approximate surface area is 174 Å². The number of hydrogen-bond donors (Lipinski definition) is 1. The van der Waals surface area contributed by atoms with Gasteiger partial charge in [0, 0.05) is 20.3 Å². The minimum atomic E-state index is 0.0491. The van der Waals surface area contributed by atoms with Gasteiger partial charge < -0.3 is 5.32 Å². The molecule has 0 fully saturated rings. The van der Waals surface area contributed by atoms with Crippen LogP contribution < -0.4 is 5.32 Å². The molecule has 0 aromatic heterocycles. The molecule has 3 atom stereocenters. The summed E-state index contributed by atoms with van der Waals surface area (Å²) in [5.74, 6) is 0.0491. The molecule has 0 bridgehead atoms. The van der Waals surface area contributed by atoms with Crippen molar-refractivity contribution < 1.29 is 9.28 Å². The topological polar surface area (TPSA) is 41.5 Å². The second-order valence-corrected chi connectivity index (χ2v) is 8.46. The fourth-order valence-corrected chi connectivity index (χ4v) is 4.41. The van der Waals surface area contributed by atoms with Crippen molar-refractivity contribution in [3.8, 4) is 0 Å². The lowest BCUT2D eigenvalue weighted by atomic mass is 10.1. The van der Waals surface area contributed by atoms with Crippen molar-refractivity contribution in [2.24, 2.45) is 4.99 Å². The molecule has 0 saturated carbocycles. The normalized spacial score (nSPS) is 22.8. The Morgan fingerprint density at radius 1 is 1.07 bits per heavy atom. The number of hydrogen-bond acceptors (Lipinski definition) is 2. The monoisotopic (exact) mass is 392 g/mol. The molecule has 1 rings (SSSR count). The van der Waals surface area contributed by atoms with Gasteiger partial charge >= 0.3 is 0 Å². The van der Waals surface area contributed by atoms with E-state index in [1.54, 1.807) is 6.92 Å². The van der Waals surface area contributed by atoms with Gasteiger partial charge in [0.1, 0.15) is 6.54 Å². The molecular formula is C24H46N3O+. The van der Waals surface area contributed by atoms with Crippen molar-refractivity contribution >= 4 is 12.1 Å². The van der Waals surface area contributed by atoms with E-state index in [0.29, 0.717) is 0 Å². The van der Waals surface area contributed by atoms with Crippen LogP contribution in [-0.2, 0) is 4.79 Å². The lowest BCUT2D eigenvalue weighted by Crippen LogP contribution is -2.63. The van der Waals surface area contributed by atoms with E-state index in [9.17, 15) is 4.79 Å². The smallest absolute Gasteiger partial charge is 0.221 e. The molecule has 1 aliphatic heterocycles. The molecule has 0 spiro atoms. The van der Waals surface area contributed by atoms with Gasteiger partial charge in [-0.15, -0.1) is 0 Å². The van der Waals surface area contributed by atoms with Gasteiger partial charge in [-0.05, 0) is 32.6 Å². The molecule has 0 aromatic carbocycles. The number of unbranched alkanes of at least 4 members (excludes halogenated alkanes) is 9. The third kappa shape index (κ3) is 8.89. The van der Waals surface area contributed by atoms with Crippen LogP contribution >= 0.6 is 0 Å². The Morgan fingerprint density at radius 3 is 2.29 bits per heavy atom. The third-order valence-electron chi connectivity index (χ3n) is 6.29. The quantitative estimate of drug-likeness (QED) is 0.196. The zero-order valence-corrected chi connectivity index (χ0v) is 19.1. The standard InChI is InChI=1S/C24H45N3O/c1-5-7-8-9-10-11-12-13-14-15-16-17-18-19-24-25-20-21-27(24,6-2)22(3)26-23(4)28/h15-16,20,22,24H,5-14,17-19,21H2,1-4H3/p+1/b16-15+. The number of quaternary nitrogens is 1. The summed E-state index contributed by atoms with van der Waals surface area (Å²) in [5.41, 5.74) is 0. The van der Waals surface area contributed by atoms with Crippen molar-refractivity contribution in [2.75, 3.05) is 13.1 Å². The predicted octanol–water partition coefficient (Wildman–Crippen LogP) is 5.97. The molecule has 1 heterocycles. The van der Waals surface area contributed by atoms with Crippen LogP contribution in [0.15, 0.2) is 17.1 Å². The Hall–Kier alpha value is -1.16. The number of allylic oxidation sites excluding steroid dienone is 2. The lowest BCUT2D eigenvalue weighted by molar-refractivity contribution is -0.959. The SMILES string of the molecule is CCCCCCCCCC/C=C/CCCC1N=CC[N+]1(CC)C(C)NC(C)=O. The number of rotatable bonds is 16. The van der Waals surface area contributed by atoms with Crippen molar-refractivity contribution in [1.29, 1.82) is 0 Å². The molecular weight excluding hydrogens is 346 g/mol. The first-order valence-corrected chi connectivity index (χ1v) is 11.9. The maximum atomic E-state index is 11.5. The highest BCUT2D eigenvalue weighted by molar-refractivity contribution is 5.73.